The maximum absolute atomic E-state index is 5.65. The SMILES string of the molecule is Cn1nnc(CN2CCC(CN)CC2)n1. The van der Waals surface area contributed by atoms with E-state index in [1.54, 1.807) is 7.05 Å². The van der Waals surface area contributed by atoms with Gasteiger partial charge in [-0.2, -0.15) is 4.80 Å². The third kappa shape index (κ3) is 2.73. The van der Waals surface area contributed by atoms with Gasteiger partial charge in [-0.1, -0.05) is 0 Å². The molecule has 15 heavy (non-hydrogen) atoms. The summed E-state index contributed by atoms with van der Waals surface area (Å²) in [6, 6.07) is 0. The van der Waals surface area contributed by atoms with E-state index in [1.807, 2.05) is 0 Å². The highest BCUT2D eigenvalue weighted by Crippen LogP contribution is 2.16. The number of piperidine rings is 1. The van der Waals surface area contributed by atoms with E-state index in [4.69, 9.17) is 5.73 Å². The molecule has 0 atom stereocenters. The average molecular weight is 210 g/mol. The predicted octanol–water partition coefficient (Wildman–Crippen LogP) is -0.619. The first kappa shape index (κ1) is 10.5. The van der Waals surface area contributed by atoms with E-state index in [9.17, 15) is 0 Å². The Balaban J connectivity index is 1.82. The van der Waals surface area contributed by atoms with Crippen LogP contribution >= 0.6 is 0 Å². The molecule has 0 amide bonds. The molecular formula is C9H18N6. The zero-order valence-corrected chi connectivity index (χ0v) is 9.13. The van der Waals surface area contributed by atoms with Gasteiger partial charge in [0.25, 0.3) is 0 Å². The summed E-state index contributed by atoms with van der Waals surface area (Å²) >= 11 is 0. The molecule has 1 aliphatic heterocycles. The van der Waals surface area contributed by atoms with Gasteiger partial charge in [0.15, 0.2) is 5.82 Å². The molecule has 2 rings (SSSR count). The lowest BCUT2D eigenvalue weighted by atomic mass is 9.97. The predicted molar refractivity (Wildman–Crippen MR) is 55.9 cm³/mol. The summed E-state index contributed by atoms with van der Waals surface area (Å²) in [6.45, 7) is 3.82. The average Bonchev–Trinajstić information content (AvgIpc) is 2.65. The summed E-state index contributed by atoms with van der Waals surface area (Å²) in [6.07, 6.45) is 2.38. The van der Waals surface area contributed by atoms with Crippen molar-refractivity contribution < 1.29 is 0 Å². The molecule has 0 aromatic carbocycles. The van der Waals surface area contributed by atoms with E-state index in [-0.39, 0.29) is 0 Å². The lowest BCUT2D eigenvalue weighted by Crippen LogP contribution is -2.35. The van der Waals surface area contributed by atoms with E-state index in [1.165, 1.54) is 17.6 Å². The maximum Gasteiger partial charge on any atom is 0.188 e. The van der Waals surface area contributed by atoms with Gasteiger partial charge in [-0.15, -0.1) is 10.2 Å². The molecule has 1 aromatic heterocycles. The van der Waals surface area contributed by atoms with Crippen LogP contribution in [-0.2, 0) is 13.6 Å². The number of aryl methyl sites for hydroxylation is 1. The van der Waals surface area contributed by atoms with Crippen molar-refractivity contribution in [2.45, 2.75) is 19.4 Å². The molecule has 0 saturated carbocycles. The van der Waals surface area contributed by atoms with Gasteiger partial charge in [0, 0.05) is 0 Å². The minimum absolute atomic E-state index is 0.705. The fourth-order valence-corrected chi connectivity index (χ4v) is 1.97. The first-order valence-electron chi connectivity index (χ1n) is 5.43. The first-order chi connectivity index (χ1) is 7.28. The van der Waals surface area contributed by atoms with Gasteiger partial charge in [-0.25, -0.2) is 0 Å². The second-order valence-electron chi connectivity index (χ2n) is 4.15. The number of likely N-dealkylation sites (tertiary alicyclic amines) is 1. The molecule has 0 spiro atoms. The summed E-state index contributed by atoms with van der Waals surface area (Å²) in [7, 11) is 1.79. The molecule has 0 bridgehead atoms. The first-order valence-corrected chi connectivity index (χ1v) is 5.43. The molecule has 0 unspecified atom stereocenters. The van der Waals surface area contributed by atoms with Gasteiger partial charge in [0.1, 0.15) is 0 Å². The molecule has 2 heterocycles. The highest BCUT2D eigenvalue weighted by atomic mass is 15.6. The topological polar surface area (TPSA) is 72.9 Å². The summed E-state index contributed by atoms with van der Waals surface area (Å²) < 4.78 is 0. The van der Waals surface area contributed by atoms with Crippen LogP contribution in [0.15, 0.2) is 0 Å². The van der Waals surface area contributed by atoms with Gasteiger partial charge >= 0.3 is 0 Å². The Morgan fingerprint density at radius 1 is 1.40 bits per heavy atom. The molecule has 6 heteroatoms. The fourth-order valence-electron chi connectivity index (χ4n) is 1.97. The van der Waals surface area contributed by atoms with Crippen molar-refractivity contribution in [2.24, 2.45) is 18.7 Å². The Hall–Kier alpha value is -1.01. The van der Waals surface area contributed by atoms with E-state index < -0.39 is 0 Å². The Morgan fingerprint density at radius 3 is 2.67 bits per heavy atom. The van der Waals surface area contributed by atoms with E-state index >= 15 is 0 Å². The number of aromatic nitrogens is 4. The molecule has 6 nitrogen and oxygen atoms in total. The summed E-state index contributed by atoms with van der Waals surface area (Å²) in [5, 5.41) is 12.0. The second kappa shape index (κ2) is 4.67. The van der Waals surface area contributed by atoms with Gasteiger partial charge in [0.2, 0.25) is 0 Å². The second-order valence-corrected chi connectivity index (χ2v) is 4.15. The molecule has 1 fully saturated rings. The number of nitrogens with two attached hydrogens (primary N) is 1. The summed E-state index contributed by atoms with van der Waals surface area (Å²) in [5.74, 6) is 1.51. The third-order valence-electron chi connectivity index (χ3n) is 2.96. The van der Waals surface area contributed by atoms with Crippen molar-refractivity contribution in [3.05, 3.63) is 5.82 Å². The smallest absolute Gasteiger partial charge is 0.188 e. The normalized spacial score (nSPS) is 19.6. The molecule has 0 aliphatic carbocycles. The van der Waals surface area contributed by atoms with Crippen LogP contribution in [0.2, 0.25) is 0 Å². The standard InChI is InChI=1S/C9H18N6/c1-14-12-9(11-13-14)7-15-4-2-8(6-10)3-5-15/h8H,2-7,10H2,1H3. The molecule has 0 radical (unpaired) electrons. The van der Waals surface area contributed by atoms with Crippen LogP contribution in [0.5, 0.6) is 0 Å². The monoisotopic (exact) mass is 210 g/mol. The van der Waals surface area contributed by atoms with E-state index in [0.717, 1.165) is 32.0 Å². The number of hydrogen-bond acceptors (Lipinski definition) is 5. The van der Waals surface area contributed by atoms with Crippen LogP contribution in [0, 0.1) is 5.92 Å². The fraction of sp³-hybridized carbons (Fsp3) is 0.889. The van der Waals surface area contributed by atoms with Crippen molar-refractivity contribution in [1.29, 1.82) is 0 Å². The van der Waals surface area contributed by atoms with Crippen molar-refractivity contribution >= 4 is 0 Å². The third-order valence-corrected chi connectivity index (χ3v) is 2.96. The molecule has 84 valence electrons. The van der Waals surface area contributed by atoms with Crippen LogP contribution in [0.25, 0.3) is 0 Å². The zero-order valence-electron chi connectivity index (χ0n) is 9.13. The minimum atomic E-state index is 0.705. The lowest BCUT2D eigenvalue weighted by molar-refractivity contribution is 0.176. The molecule has 1 saturated heterocycles. The Labute approximate surface area is 89.4 Å². The van der Waals surface area contributed by atoms with E-state index in [0.29, 0.717) is 5.92 Å². The Bertz CT molecular complexity index is 301. The maximum atomic E-state index is 5.65. The lowest BCUT2D eigenvalue weighted by Gasteiger charge is -2.30. The van der Waals surface area contributed by atoms with Gasteiger partial charge in [0.05, 0.1) is 13.6 Å². The largest absolute Gasteiger partial charge is 0.330 e. The van der Waals surface area contributed by atoms with Crippen LogP contribution in [0.1, 0.15) is 18.7 Å². The number of nitrogens with zero attached hydrogens (tertiary/aromatic N) is 5. The number of tetrazole rings is 1. The van der Waals surface area contributed by atoms with Crippen LogP contribution < -0.4 is 5.73 Å². The van der Waals surface area contributed by atoms with Crippen molar-refractivity contribution in [3.8, 4) is 0 Å². The van der Waals surface area contributed by atoms with Gasteiger partial charge < -0.3 is 5.73 Å². The van der Waals surface area contributed by atoms with Crippen LogP contribution in [0.3, 0.4) is 0 Å². The Kier molecular flexibility index (Phi) is 3.27. The highest BCUT2D eigenvalue weighted by molar-refractivity contribution is 4.80. The van der Waals surface area contributed by atoms with Crippen LogP contribution in [0.4, 0.5) is 0 Å². The van der Waals surface area contributed by atoms with E-state index in [2.05, 4.69) is 20.3 Å². The van der Waals surface area contributed by atoms with Crippen LogP contribution in [-0.4, -0.2) is 44.7 Å². The van der Waals surface area contributed by atoms with Crippen molar-refractivity contribution in [2.75, 3.05) is 19.6 Å². The zero-order chi connectivity index (χ0) is 10.7. The quantitative estimate of drug-likeness (QED) is 0.720. The van der Waals surface area contributed by atoms with Gasteiger partial charge in [-0.3, -0.25) is 4.90 Å². The molecule has 1 aromatic rings. The summed E-state index contributed by atoms with van der Waals surface area (Å²) in [4.78, 5) is 3.87. The Morgan fingerprint density at radius 2 is 2.13 bits per heavy atom. The molecule has 1 aliphatic rings. The summed E-state index contributed by atoms with van der Waals surface area (Å²) in [5.41, 5.74) is 5.65. The highest BCUT2D eigenvalue weighted by Gasteiger charge is 2.19. The number of hydrogen-bond donors (Lipinski definition) is 1. The van der Waals surface area contributed by atoms with Crippen molar-refractivity contribution in [3.63, 3.8) is 0 Å². The van der Waals surface area contributed by atoms with Crippen molar-refractivity contribution in [1.82, 2.24) is 25.1 Å². The number of rotatable bonds is 3. The van der Waals surface area contributed by atoms with Gasteiger partial charge in [-0.05, 0) is 43.6 Å². The molecule has 2 N–H and O–H groups in total. The minimum Gasteiger partial charge on any atom is -0.330 e. The molecular weight excluding hydrogens is 192 g/mol.